The van der Waals surface area contributed by atoms with Gasteiger partial charge in [0.2, 0.25) is 15.0 Å². The second kappa shape index (κ2) is 7.16. The Hall–Kier alpha value is -3.27. The molecule has 1 aromatic carbocycles. The topological polar surface area (TPSA) is 130 Å². The van der Waals surface area contributed by atoms with Gasteiger partial charge in [-0.2, -0.15) is 5.10 Å². The van der Waals surface area contributed by atoms with E-state index in [1.54, 1.807) is 41.2 Å². The summed E-state index contributed by atoms with van der Waals surface area (Å²) in [4.78, 5) is 18.8. The molecule has 0 aliphatic carbocycles. The van der Waals surface area contributed by atoms with Crippen LogP contribution in [0.15, 0.2) is 47.9 Å². The third kappa shape index (κ3) is 3.95. The zero-order valence-corrected chi connectivity index (χ0v) is 15.5. The van der Waals surface area contributed by atoms with Gasteiger partial charge in [0.05, 0.1) is 17.6 Å². The van der Waals surface area contributed by atoms with Crippen LogP contribution >= 0.6 is 0 Å². The van der Waals surface area contributed by atoms with E-state index < -0.39 is 15.9 Å². The molecule has 9 nitrogen and oxygen atoms in total. The normalized spacial score (nSPS) is 11.3. The SMILES string of the molecule is CCn1ncc(-c2ccnc(S(C)(=O)=O)n2)c1-c1ccc(OC(N)=O)cc1. The molecule has 0 saturated carbocycles. The molecular formula is C17H17N5O4S. The number of aromatic nitrogens is 4. The van der Waals surface area contributed by atoms with E-state index >= 15 is 0 Å². The van der Waals surface area contributed by atoms with Gasteiger partial charge in [0.25, 0.3) is 0 Å². The zero-order valence-electron chi connectivity index (χ0n) is 14.7. The number of rotatable bonds is 5. The minimum absolute atomic E-state index is 0.250. The number of amides is 1. The minimum Gasteiger partial charge on any atom is -0.411 e. The summed E-state index contributed by atoms with van der Waals surface area (Å²) in [7, 11) is -3.54. The van der Waals surface area contributed by atoms with E-state index in [9.17, 15) is 13.2 Å². The summed E-state index contributed by atoms with van der Waals surface area (Å²) in [6, 6.07) is 8.35. The van der Waals surface area contributed by atoms with E-state index in [4.69, 9.17) is 10.5 Å². The maximum atomic E-state index is 11.8. The van der Waals surface area contributed by atoms with Gasteiger partial charge in [0, 0.05) is 30.1 Å². The van der Waals surface area contributed by atoms with Gasteiger partial charge < -0.3 is 10.5 Å². The molecule has 140 valence electrons. The molecule has 0 unspecified atom stereocenters. The number of nitrogens with zero attached hydrogens (tertiary/aromatic N) is 4. The van der Waals surface area contributed by atoms with Gasteiger partial charge in [-0.1, -0.05) is 0 Å². The molecule has 0 radical (unpaired) electrons. The number of benzene rings is 1. The van der Waals surface area contributed by atoms with E-state index in [2.05, 4.69) is 15.1 Å². The number of nitrogens with two attached hydrogens (primary N) is 1. The molecular weight excluding hydrogens is 370 g/mol. The van der Waals surface area contributed by atoms with E-state index in [1.165, 1.54) is 6.20 Å². The maximum Gasteiger partial charge on any atom is 0.409 e. The fraction of sp³-hybridized carbons (Fsp3) is 0.176. The third-order valence-electron chi connectivity index (χ3n) is 3.73. The lowest BCUT2D eigenvalue weighted by Crippen LogP contribution is -2.16. The summed E-state index contributed by atoms with van der Waals surface area (Å²) in [5.41, 5.74) is 7.66. The number of sulfone groups is 1. The van der Waals surface area contributed by atoms with Crippen molar-refractivity contribution in [2.75, 3.05) is 6.26 Å². The standard InChI is InChI=1S/C17H17N5O4S/c1-3-22-15(11-4-6-12(7-5-11)26-16(18)23)13(10-20-22)14-8-9-19-17(21-14)27(2,24)25/h4-10H,3H2,1-2H3,(H2,18,23). The number of carbonyl (C=O) groups excluding carboxylic acids is 1. The lowest BCUT2D eigenvalue weighted by atomic mass is 10.1. The second-order valence-electron chi connectivity index (χ2n) is 5.66. The van der Waals surface area contributed by atoms with Crippen molar-refractivity contribution >= 4 is 15.9 Å². The molecule has 2 N–H and O–H groups in total. The predicted molar refractivity (Wildman–Crippen MR) is 97.7 cm³/mol. The first-order valence-corrected chi connectivity index (χ1v) is 9.85. The van der Waals surface area contributed by atoms with Gasteiger partial charge in [-0.3, -0.25) is 4.68 Å². The van der Waals surface area contributed by atoms with Crippen LogP contribution in [0.2, 0.25) is 0 Å². The van der Waals surface area contributed by atoms with Crippen molar-refractivity contribution in [1.82, 2.24) is 19.7 Å². The number of primary amides is 1. The van der Waals surface area contributed by atoms with Crippen molar-refractivity contribution in [3.05, 3.63) is 42.7 Å². The van der Waals surface area contributed by atoms with E-state index in [0.717, 1.165) is 17.5 Å². The lowest BCUT2D eigenvalue weighted by Gasteiger charge is -2.09. The lowest BCUT2D eigenvalue weighted by molar-refractivity contribution is 0.211. The van der Waals surface area contributed by atoms with Crippen molar-refractivity contribution in [1.29, 1.82) is 0 Å². The van der Waals surface area contributed by atoms with Gasteiger partial charge in [0.15, 0.2) is 0 Å². The molecule has 2 aromatic heterocycles. The second-order valence-corrected chi connectivity index (χ2v) is 7.57. The molecule has 0 aliphatic heterocycles. The van der Waals surface area contributed by atoms with Crippen molar-refractivity contribution in [3.63, 3.8) is 0 Å². The van der Waals surface area contributed by atoms with Crippen LogP contribution in [0.1, 0.15) is 6.92 Å². The minimum atomic E-state index is -3.54. The average molecular weight is 387 g/mol. The number of hydrogen-bond acceptors (Lipinski definition) is 7. The van der Waals surface area contributed by atoms with Crippen molar-refractivity contribution in [2.24, 2.45) is 5.73 Å². The zero-order chi connectivity index (χ0) is 19.6. The van der Waals surface area contributed by atoms with Crippen LogP contribution in [-0.4, -0.2) is 40.5 Å². The molecule has 3 rings (SSSR count). The fourth-order valence-corrected chi connectivity index (χ4v) is 3.10. The average Bonchev–Trinajstić information content (AvgIpc) is 3.05. The molecule has 3 aromatic rings. The molecule has 0 bridgehead atoms. The van der Waals surface area contributed by atoms with Gasteiger partial charge in [-0.05, 0) is 37.3 Å². The molecule has 10 heteroatoms. The summed E-state index contributed by atoms with van der Waals surface area (Å²) in [5.74, 6) is 0.316. The van der Waals surface area contributed by atoms with Crippen LogP contribution in [0.4, 0.5) is 4.79 Å². The van der Waals surface area contributed by atoms with Crippen LogP contribution in [0, 0.1) is 0 Å². The summed E-state index contributed by atoms with van der Waals surface area (Å²) in [6.07, 6.45) is 3.19. The van der Waals surface area contributed by atoms with Crippen LogP contribution in [0.3, 0.4) is 0 Å². The Labute approximate surface area is 155 Å². The van der Waals surface area contributed by atoms with Crippen molar-refractivity contribution < 1.29 is 17.9 Å². The highest BCUT2D eigenvalue weighted by atomic mass is 32.2. The van der Waals surface area contributed by atoms with Gasteiger partial charge in [-0.25, -0.2) is 23.2 Å². The quantitative estimate of drug-likeness (QED) is 0.662. The monoisotopic (exact) mass is 387 g/mol. The fourth-order valence-electron chi connectivity index (χ4n) is 2.58. The number of aryl methyl sites for hydroxylation is 1. The van der Waals surface area contributed by atoms with Gasteiger partial charge in [0.1, 0.15) is 5.75 Å². The summed E-state index contributed by atoms with van der Waals surface area (Å²) in [5, 5.41) is 4.10. The van der Waals surface area contributed by atoms with E-state index in [0.29, 0.717) is 23.6 Å². The summed E-state index contributed by atoms with van der Waals surface area (Å²) < 4.78 is 30.1. The third-order valence-corrected chi connectivity index (χ3v) is 4.59. The van der Waals surface area contributed by atoms with Crippen LogP contribution < -0.4 is 10.5 Å². The van der Waals surface area contributed by atoms with Crippen LogP contribution in [0.25, 0.3) is 22.5 Å². The van der Waals surface area contributed by atoms with E-state index in [1.807, 2.05) is 6.92 Å². The van der Waals surface area contributed by atoms with Crippen molar-refractivity contribution in [2.45, 2.75) is 18.6 Å². The highest BCUT2D eigenvalue weighted by molar-refractivity contribution is 7.90. The Kier molecular flexibility index (Phi) is 4.91. The molecule has 0 fully saturated rings. The van der Waals surface area contributed by atoms with Crippen molar-refractivity contribution in [3.8, 4) is 28.3 Å². The predicted octanol–water partition coefficient (Wildman–Crippen LogP) is 1.89. The Morgan fingerprint density at radius 1 is 1.22 bits per heavy atom. The molecule has 2 heterocycles. The molecule has 1 amide bonds. The first-order valence-electron chi connectivity index (χ1n) is 7.96. The summed E-state index contributed by atoms with van der Waals surface area (Å²) >= 11 is 0. The Morgan fingerprint density at radius 2 is 1.93 bits per heavy atom. The Bertz CT molecular complexity index is 1090. The largest absolute Gasteiger partial charge is 0.411 e. The van der Waals surface area contributed by atoms with E-state index in [-0.39, 0.29) is 5.16 Å². The highest BCUT2D eigenvalue weighted by Gasteiger charge is 2.18. The Morgan fingerprint density at radius 3 is 2.52 bits per heavy atom. The molecule has 0 spiro atoms. The molecule has 0 saturated heterocycles. The Balaban J connectivity index is 2.10. The number of ether oxygens (including phenoxy) is 1. The van der Waals surface area contributed by atoms with Crippen LogP contribution in [-0.2, 0) is 16.4 Å². The first kappa shape index (κ1) is 18.5. The molecule has 27 heavy (non-hydrogen) atoms. The van der Waals surface area contributed by atoms with Crippen LogP contribution in [0.5, 0.6) is 5.75 Å². The van der Waals surface area contributed by atoms with Gasteiger partial charge in [-0.15, -0.1) is 0 Å². The molecule has 0 aliphatic rings. The number of hydrogen-bond donors (Lipinski definition) is 1. The van der Waals surface area contributed by atoms with Gasteiger partial charge >= 0.3 is 6.09 Å². The summed E-state index contributed by atoms with van der Waals surface area (Å²) in [6.45, 7) is 2.53. The molecule has 0 atom stereocenters. The first-order chi connectivity index (χ1) is 12.8. The maximum absolute atomic E-state index is 11.8. The smallest absolute Gasteiger partial charge is 0.409 e. The number of carbonyl (C=O) groups is 1. The highest BCUT2D eigenvalue weighted by Crippen LogP contribution is 2.32.